The quantitative estimate of drug-likeness (QED) is 0.435. The summed E-state index contributed by atoms with van der Waals surface area (Å²) >= 11 is 0. The van der Waals surface area contributed by atoms with Gasteiger partial charge in [0.25, 0.3) is 0 Å². The molecular weight excluding hydrogens is 114 g/mol. The average Bonchev–Trinajstić information content (AvgIpc) is 1.67. The lowest BCUT2D eigenvalue weighted by Crippen LogP contribution is -2.12. The molecule has 0 rings (SSSR count). The van der Waals surface area contributed by atoms with Gasteiger partial charge in [0, 0.05) is 13.0 Å². The summed E-state index contributed by atoms with van der Waals surface area (Å²) in [6.45, 7) is 6.81. The van der Waals surface area contributed by atoms with Crippen LogP contribution in [0.5, 0.6) is 0 Å². The minimum Gasteiger partial charge on any atom is -0.366 e. The van der Waals surface area contributed by atoms with Crippen molar-refractivity contribution < 1.29 is 4.79 Å². The van der Waals surface area contributed by atoms with Gasteiger partial charge in [-0.25, -0.2) is 0 Å². The second-order valence-corrected chi connectivity index (χ2v) is 1.46. The summed E-state index contributed by atoms with van der Waals surface area (Å²) in [7, 11) is 0. The fourth-order valence-corrected chi connectivity index (χ4v) is 0.275. The van der Waals surface area contributed by atoms with E-state index in [0.717, 1.165) is 0 Å². The van der Waals surface area contributed by atoms with Crippen molar-refractivity contribution in [2.45, 2.75) is 6.42 Å². The molecule has 0 fully saturated rings. The number of allylic oxidation sites excluding steroid dienone is 1. The van der Waals surface area contributed by atoms with E-state index in [-0.39, 0.29) is 7.43 Å². The van der Waals surface area contributed by atoms with Crippen LogP contribution < -0.4 is 5.73 Å². The molecule has 0 bridgehead atoms. The van der Waals surface area contributed by atoms with Crippen LogP contribution >= 0.6 is 0 Å². The molecule has 1 amide bonds. The highest BCUT2D eigenvalue weighted by Gasteiger charge is 1.95. The Kier molecular flexibility index (Phi) is 6.14. The Morgan fingerprint density at radius 2 is 2.11 bits per heavy atom. The molecule has 0 aliphatic heterocycles. The van der Waals surface area contributed by atoms with E-state index >= 15 is 0 Å². The third-order valence-corrected chi connectivity index (χ3v) is 0.739. The maximum absolute atomic E-state index is 10.2. The van der Waals surface area contributed by atoms with Crippen molar-refractivity contribution in [1.29, 1.82) is 0 Å². The van der Waals surface area contributed by atoms with E-state index in [1.54, 1.807) is 6.08 Å². The molecule has 0 saturated heterocycles. The van der Waals surface area contributed by atoms with Gasteiger partial charge in [0.15, 0.2) is 0 Å². The van der Waals surface area contributed by atoms with Crippen molar-refractivity contribution in [2.24, 2.45) is 5.73 Å². The molecule has 0 atom stereocenters. The summed E-state index contributed by atoms with van der Waals surface area (Å²) < 4.78 is 0. The van der Waals surface area contributed by atoms with Crippen LogP contribution in [0.4, 0.5) is 0 Å². The molecule has 0 aliphatic rings. The van der Waals surface area contributed by atoms with Crippen molar-refractivity contribution in [3.05, 3.63) is 32.2 Å². The lowest BCUT2D eigenvalue weighted by Gasteiger charge is -1.90. The van der Waals surface area contributed by atoms with E-state index in [4.69, 9.17) is 5.73 Å². The van der Waals surface area contributed by atoms with Gasteiger partial charge in [0.1, 0.15) is 0 Å². The Bertz CT molecular complexity index is 127. The van der Waals surface area contributed by atoms with Crippen LogP contribution in [0.1, 0.15) is 6.42 Å². The van der Waals surface area contributed by atoms with Crippen LogP contribution in [0.2, 0.25) is 0 Å². The Morgan fingerprint density at radius 1 is 1.67 bits per heavy atom. The highest BCUT2D eigenvalue weighted by Crippen LogP contribution is 1.94. The van der Waals surface area contributed by atoms with Gasteiger partial charge < -0.3 is 5.73 Å². The van der Waals surface area contributed by atoms with Crippen LogP contribution in [0.25, 0.3) is 0 Å². The highest BCUT2D eigenvalue weighted by atomic mass is 16.1. The fourth-order valence-electron chi connectivity index (χ4n) is 0.275. The van der Waals surface area contributed by atoms with E-state index in [1.165, 1.54) is 0 Å². The third-order valence-electron chi connectivity index (χ3n) is 0.739. The van der Waals surface area contributed by atoms with Crippen molar-refractivity contribution in [3.8, 4) is 0 Å². The van der Waals surface area contributed by atoms with Crippen LogP contribution in [-0.4, -0.2) is 5.91 Å². The first kappa shape index (κ1) is 10.8. The Morgan fingerprint density at radius 3 is 2.22 bits per heavy atom. The van der Waals surface area contributed by atoms with Crippen molar-refractivity contribution in [3.63, 3.8) is 0 Å². The molecule has 48 valence electrons. The summed E-state index contributed by atoms with van der Waals surface area (Å²) in [5.41, 5.74) is 5.24. The monoisotopic (exact) mass is 123 g/mol. The second kappa shape index (κ2) is 5.09. The number of amides is 1. The van der Waals surface area contributed by atoms with Gasteiger partial charge in [-0.2, -0.15) is 0 Å². The van der Waals surface area contributed by atoms with Crippen molar-refractivity contribution in [1.82, 2.24) is 0 Å². The predicted molar refractivity (Wildman–Crippen MR) is 36.4 cm³/mol. The fraction of sp³-hybridized carbons (Fsp3) is 0.143. The molecular formula is C7H9NO. The first-order valence-electron chi connectivity index (χ1n) is 2.27. The molecule has 2 nitrogen and oxygen atoms in total. The number of nitrogens with two attached hydrogens (primary N) is 1. The molecule has 2 N–H and O–H groups in total. The Labute approximate surface area is 56.1 Å². The molecule has 2 heteroatoms. The van der Waals surface area contributed by atoms with Gasteiger partial charge in [-0.3, -0.25) is 4.79 Å². The molecule has 0 aliphatic carbocycles. The van der Waals surface area contributed by atoms with Gasteiger partial charge in [-0.05, 0) is 6.42 Å². The molecule has 0 spiro atoms. The smallest absolute Gasteiger partial charge is 0.244 e. The minimum atomic E-state index is -0.454. The summed E-state index contributed by atoms with van der Waals surface area (Å²) in [5, 5.41) is 0. The highest BCUT2D eigenvalue weighted by molar-refractivity contribution is 5.91. The number of carbonyl (C=O) groups excluding carboxylic acids is 1. The normalized spacial score (nSPS) is 7.11. The summed E-state index contributed by atoms with van der Waals surface area (Å²) in [6, 6.07) is 0. The van der Waals surface area contributed by atoms with Crippen LogP contribution in [0, 0.1) is 7.43 Å². The molecule has 0 unspecified atom stereocenters. The third kappa shape index (κ3) is 4.81. The van der Waals surface area contributed by atoms with Crippen LogP contribution in [0.3, 0.4) is 0 Å². The molecule has 0 aromatic heterocycles. The van der Waals surface area contributed by atoms with Crippen LogP contribution in [0.15, 0.2) is 24.8 Å². The number of hydrogen-bond donors (Lipinski definition) is 1. The molecule has 0 aromatic carbocycles. The predicted octanol–water partition coefficient (Wildman–Crippen LogP) is 0.685. The summed E-state index contributed by atoms with van der Waals surface area (Å²) in [5.74, 6) is -0.454. The first-order valence-corrected chi connectivity index (χ1v) is 2.27. The maximum atomic E-state index is 10.2. The van der Waals surface area contributed by atoms with Gasteiger partial charge in [-0.1, -0.05) is 12.7 Å². The van der Waals surface area contributed by atoms with Gasteiger partial charge in [-0.15, -0.1) is 6.58 Å². The average molecular weight is 123 g/mol. The zero-order valence-electron chi connectivity index (χ0n) is 5.18. The number of rotatable bonds is 3. The summed E-state index contributed by atoms with van der Waals surface area (Å²) in [6.07, 6.45) is 2.07. The minimum absolute atomic E-state index is 0. The maximum Gasteiger partial charge on any atom is 0.244 e. The largest absolute Gasteiger partial charge is 0.366 e. The first-order chi connectivity index (χ1) is 3.68. The van der Waals surface area contributed by atoms with E-state index in [0.29, 0.717) is 12.0 Å². The Balaban J connectivity index is 0. The lowest BCUT2D eigenvalue weighted by atomic mass is 10.2. The number of hydrogen-bond acceptors (Lipinski definition) is 1. The molecule has 9 heavy (non-hydrogen) atoms. The molecule has 4 radical (unpaired) electrons. The molecule has 0 saturated carbocycles. The lowest BCUT2D eigenvalue weighted by molar-refractivity contribution is -0.114. The van der Waals surface area contributed by atoms with E-state index < -0.39 is 5.91 Å². The van der Waals surface area contributed by atoms with Gasteiger partial charge in [0.05, 0.1) is 0 Å². The van der Waals surface area contributed by atoms with Gasteiger partial charge in [0.2, 0.25) is 5.91 Å². The SMILES string of the molecule is C=CCC(=C)C(N)=O.[C]. The summed E-state index contributed by atoms with van der Waals surface area (Å²) in [4.78, 5) is 10.2. The Hall–Kier alpha value is -1.05. The van der Waals surface area contributed by atoms with Crippen molar-refractivity contribution >= 4 is 5.91 Å². The second-order valence-electron chi connectivity index (χ2n) is 1.46. The standard InChI is InChI=1S/C6H9NO.C/c1-3-4-5(2)6(7)8;/h3H,1-2,4H2,(H2,7,8);. The number of primary amides is 1. The zero-order valence-corrected chi connectivity index (χ0v) is 5.18. The number of carbonyl (C=O) groups is 1. The van der Waals surface area contributed by atoms with Gasteiger partial charge >= 0.3 is 0 Å². The van der Waals surface area contributed by atoms with E-state index in [1.807, 2.05) is 0 Å². The van der Waals surface area contributed by atoms with Crippen LogP contribution in [-0.2, 0) is 4.79 Å². The zero-order chi connectivity index (χ0) is 6.57. The molecule has 0 heterocycles. The van der Waals surface area contributed by atoms with Crippen molar-refractivity contribution in [2.75, 3.05) is 0 Å². The van der Waals surface area contributed by atoms with E-state index in [9.17, 15) is 4.79 Å². The van der Waals surface area contributed by atoms with E-state index in [2.05, 4.69) is 13.2 Å². The molecule has 0 aromatic rings. The topological polar surface area (TPSA) is 43.1 Å².